The van der Waals surface area contributed by atoms with Gasteiger partial charge in [0.05, 0.1) is 18.2 Å². The quantitative estimate of drug-likeness (QED) is 0.0160. The summed E-state index contributed by atoms with van der Waals surface area (Å²) in [5.41, 5.74) is 27.9. The van der Waals surface area contributed by atoms with Gasteiger partial charge in [-0.3, -0.25) is 38.6 Å². The van der Waals surface area contributed by atoms with Crippen LogP contribution in [0.2, 0.25) is 0 Å². The van der Waals surface area contributed by atoms with Crippen LogP contribution < -0.4 is 71.2 Å². The highest BCUT2D eigenvalue weighted by atomic mass is 16.3. The molecule has 0 aromatic rings. The molecule has 0 radical (unpaired) electrons. The van der Waals surface area contributed by atoms with Crippen LogP contribution in [0, 0.1) is 5.92 Å². The molecule has 0 aromatic heterocycles. The van der Waals surface area contributed by atoms with Crippen molar-refractivity contribution < 1.29 is 48.9 Å². The molecule has 24 nitrogen and oxygen atoms in total. The second kappa shape index (κ2) is 34.1. The van der Waals surface area contributed by atoms with Gasteiger partial charge in [0.1, 0.15) is 36.0 Å². The molecule has 1 fully saturated rings. The van der Waals surface area contributed by atoms with Gasteiger partial charge in [-0.15, -0.1) is 0 Å². The summed E-state index contributed by atoms with van der Waals surface area (Å²) in [6.07, 6.45) is 6.89. The summed E-state index contributed by atoms with van der Waals surface area (Å²) in [7, 11) is 0. The fraction of sp³-hybridized carbons (Fsp3) is 0.727. The monoisotopic (exact) mass is 967 g/mol. The smallest absolute Gasteiger partial charge is 0.268 e. The Hall–Kier alpha value is -5.24. The van der Waals surface area contributed by atoms with E-state index in [1.807, 2.05) is 26.0 Å². The van der Waals surface area contributed by atoms with E-state index in [-0.39, 0.29) is 62.9 Å². The molecule has 1 aliphatic heterocycles. The molecule has 0 spiro atoms. The number of carbonyl (C=O) groups is 7. The summed E-state index contributed by atoms with van der Waals surface area (Å²) in [6, 6.07) is -8.39. The van der Waals surface area contributed by atoms with Gasteiger partial charge in [-0.1, -0.05) is 58.3 Å². The highest BCUT2D eigenvalue weighted by molar-refractivity contribution is 6.01. The molecule has 1 rings (SSSR count). The Labute approximate surface area is 400 Å². The highest BCUT2D eigenvalue weighted by Gasteiger charge is 2.37. The average molecular weight is 967 g/mol. The van der Waals surface area contributed by atoms with Crippen LogP contribution in [-0.4, -0.2) is 156 Å². The number of aliphatic hydroxyl groups excluding tert-OH is 3. The lowest BCUT2D eigenvalue weighted by molar-refractivity contribution is -0.137. The van der Waals surface area contributed by atoms with E-state index in [4.69, 9.17) is 28.7 Å². The van der Waals surface area contributed by atoms with Crippen molar-refractivity contribution in [3.8, 4) is 0 Å². The number of hydrogen-bond donors (Lipinski definition) is 16. The molecule has 7 amide bonds. The van der Waals surface area contributed by atoms with Gasteiger partial charge >= 0.3 is 0 Å². The first-order valence-corrected chi connectivity index (χ1v) is 23.7. The zero-order chi connectivity index (χ0) is 51.2. The number of nitrogens with zero attached hydrogens (tertiary/aromatic N) is 1. The number of β-amino-alcohol motifs (C(OH)–C–C–N with tert-alkyl or cyclic N) is 1. The Balaban J connectivity index is 3.74. The van der Waals surface area contributed by atoms with E-state index in [0.29, 0.717) is 19.3 Å². The van der Waals surface area contributed by atoms with Crippen LogP contribution in [0.15, 0.2) is 28.9 Å². The number of nitrogens with one attached hydrogen (secondary N) is 8. The molecular formula is C44H82N14O10. The number of allylic oxidation sites excluding steroid dienone is 3. The Kier molecular flexibility index (Phi) is 30.5. The summed E-state index contributed by atoms with van der Waals surface area (Å²) >= 11 is 0. The molecule has 68 heavy (non-hydrogen) atoms. The van der Waals surface area contributed by atoms with Crippen LogP contribution in [0.3, 0.4) is 0 Å². The van der Waals surface area contributed by atoms with Gasteiger partial charge in [0.15, 0.2) is 5.96 Å². The van der Waals surface area contributed by atoms with Crippen LogP contribution in [-0.2, 0) is 33.6 Å². The largest absolute Gasteiger partial charge is 0.389 e. The molecule has 24 heteroatoms. The maximum Gasteiger partial charge on any atom is 0.268 e. The lowest BCUT2D eigenvalue weighted by Gasteiger charge is -2.30. The van der Waals surface area contributed by atoms with E-state index in [1.54, 1.807) is 0 Å². The molecule has 0 aliphatic carbocycles. The molecule has 0 bridgehead atoms. The van der Waals surface area contributed by atoms with Gasteiger partial charge in [-0.25, -0.2) is 0 Å². The second-order valence-corrected chi connectivity index (χ2v) is 17.2. The highest BCUT2D eigenvalue weighted by Crippen LogP contribution is 2.10. The molecule has 0 saturated carbocycles. The van der Waals surface area contributed by atoms with E-state index in [2.05, 4.69) is 54.5 Å². The number of guanidine groups is 1. The Morgan fingerprint density at radius 3 is 1.99 bits per heavy atom. The lowest BCUT2D eigenvalue weighted by Crippen LogP contribution is -2.64. The number of unbranched alkanes of at least 4 members (excludes halogenated alkanes) is 5. The maximum atomic E-state index is 14.0. The van der Waals surface area contributed by atoms with E-state index in [1.165, 1.54) is 13.0 Å². The van der Waals surface area contributed by atoms with Gasteiger partial charge in [0.25, 0.3) is 5.91 Å². The number of carbonyl (C=O) groups excluding carboxylic acids is 7. The number of amides is 7. The number of aliphatic hydroxyl groups is 3. The first kappa shape index (κ1) is 60.8. The number of nitrogens with two attached hydrogens (primary N) is 5. The maximum absolute atomic E-state index is 14.0. The van der Waals surface area contributed by atoms with Crippen molar-refractivity contribution in [1.82, 2.24) is 42.5 Å². The van der Waals surface area contributed by atoms with Crippen molar-refractivity contribution in [3.63, 3.8) is 0 Å². The van der Waals surface area contributed by atoms with Gasteiger partial charge in [-0.05, 0) is 70.8 Å². The standard InChI is InChI=1S/C44H82N14O10/c1-5-7-8-9-10-11-12-13-14-17-34(62)56-37-33(61)25-52-41(66)35(31(59)22-46)58-43(68)36(32(60)23-47)57-39(64)29(16-15-20-50-44(48)49)51-24-27(21-26(3)4)53-40(65)30(18-19-45)55-38(63)28(6-2)54-42(37)67/h6,11-12,26-27,29-33,35-37,51,59-61H,5,7-10,13-25,45-47H2,1-4H3,(H,52,66)(H,53,65)(H,54,67)(H,55,63)(H,56,62)(H,57,64)(H,58,68)(H4,48,49,50)/b12-11-,28-6-/t27-,29-,30-,31?,32?,33?,35?,36?,37?/m0/s1. The lowest BCUT2D eigenvalue weighted by atomic mass is 10.0. The van der Waals surface area contributed by atoms with Gasteiger partial charge in [-0.2, -0.15) is 0 Å². The Bertz CT molecular complexity index is 1680. The van der Waals surface area contributed by atoms with Crippen molar-refractivity contribution in [2.45, 2.75) is 159 Å². The summed E-state index contributed by atoms with van der Waals surface area (Å²) in [6.45, 7) is 5.59. The SMILES string of the molecule is C/C=C1\NC(=O)C(NC(=O)CCC/C=C\CCCCCC)C(O)CNC(=O)C(C(O)CN)NC(=O)C(C(O)CN)NC(=O)[C@H](CCCN=C(N)N)NC[C@H](CC(C)C)NC(=O)[C@H](CCN)NC1=O. The fourth-order valence-corrected chi connectivity index (χ4v) is 7.08. The predicted molar refractivity (Wildman–Crippen MR) is 257 cm³/mol. The van der Waals surface area contributed by atoms with Gasteiger partial charge in [0.2, 0.25) is 35.4 Å². The van der Waals surface area contributed by atoms with Crippen LogP contribution in [0.4, 0.5) is 0 Å². The van der Waals surface area contributed by atoms with E-state index >= 15 is 0 Å². The van der Waals surface area contributed by atoms with Crippen LogP contribution in [0.1, 0.15) is 105 Å². The summed E-state index contributed by atoms with van der Waals surface area (Å²) in [5, 5.41) is 53.7. The minimum atomic E-state index is -1.88. The van der Waals surface area contributed by atoms with E-state index < -0.39 is 116 Å². The molecule has 9 atom stereocenters. The second-order valence-electron chi connectivity index (χ2n) is 17.2. The zero-order valence-electron chi connectivity index (χ0n) is 40.3. The van der Waals surface area contributed by atoms with E-state index in [9.17, 15) is 48.9 Å². The molecule has 1 heterocycles. The first-order valence-electron chi connectivity index (χ1n) is 23.7. The molecule has 6 unspecified atom stereocenters. The zero-order valence-corrected chi connectivity index (χ0v) is 40.3. The predicted octanol–water partition coefficient (Wildman–Crippen LogP) is -4.34. The third kappa shape index (κ3) is 23.7. The fourth-order valence-electron chi connectivity index (χ4n) is 7.08. The molecular weight excluding hydrogens is 885 g/mol. The van der Waals surface area contributed by atoms with Crippen LogP contribution in [0.5, 0.6) is 0 Å². The number of rotatable bonds is 22. The average Bonchev–Trinajstić information content (AvgIpc) is 3.29. The minimum absolute atomic E-state index is 0.0128. The molecule has 21 N–H and O–H groups in total. The summed E-state index contributed by atoms with van der Waals surface area (Å²) in [4.78, 5) is 100. The van der Waals surface area contributed by atoms with Crippen LogP contribution in [0.25, 0.3) is 0 Å². The van der Waals surface area contributed by atoms with Crippen molar-refractivity contribution in [1.29, 1.82) is 0 Å². The summed E-state index contributed by atoms with van der Waals surface area (Å²) in [5.74, 6) is -6.46. The van der Waals surface area contributed by atoms with Crippen molar-refractivity contribution in [2.24, 2.45) is 39.6 Å². The number of hydrogen-bond acceptors (Lipinski definition) is 15. The molecule has 1 saturated heterocycles. The third-order valence-electron chi connectivity index (χ3n) is 10.9. The topological polar surface area (TPSA) is 419 Å². The van der Waals surface area contributed by atoms with Gasteiger partial charge in [0, 0.05) is 45.2 Å². The molecule has 1 aliphatic rings. The van der Waals surface area contributed by atoms with Crippen molar-refractivity contribution in [3.05, 3.63) is 23.9 Å². The van der Waals surface area contributed by atoms with Gasteiger partial charge < -0.3 is 86.5 Å². The molecule has 0 aromatic carbocycles. The summed E-state index contributed by atoms with van der Waals surface area (Å²) < 4.78 is 0. The number of aliphatic imine (C=N–C) groups is 1. The minimum Gasteiger partial charge on any atom is -0.389 e. The normalized spacial score (nSPS) is 24.8. The van der Waals surface area contributed by atoms with Crippen molar-refractivity contribution in [2.75, 3.05) is 39.3 Å². The van der Waals surface area contributed by atoms with Crippen molar-refractivity contribution >= 4 is 47.3 Å². The molecule has 388 valence electrons. The Morgan fingerprint density at radius 2 is 1.40 bits per heavy atom. The first-order chi connectivity index (χ1) is 32.3. The van der Waals surface area contributed by atoms with E-state index in [0.717, 1.165) is 32.1 Å². The van der Waals surface area contributed by atoms with Crippen LogP contribution >= 0.6 is 0 Å². The Morgan fingerprint density at radius 1 is 0.779 bits per heavy atom. The third-order valence-corrected chi connectivity index (χ3v) is 10.9.